The molecule has 2 aromatic rings. The standard InChI is InChI=1S/C22H25N5O3/c1-16(2)21(15-23)25-10-12-26(13-11-25)22(28)17-8-9-19(20(14-17)27(29)30)24-18-6-4-3-5-7-18/h3-9,14,16,21,24H,10-13H2,1-2H3. The highest BCUT2D eigenvalue weighted by Crippen LogP contribution is 2.29. The van der Waals surface area contributed by atoms with Crippen LogP contribution >= 0.6 is 0 Å². The molecule has 1 aliphatic heterocycles. The lowest BCUT2D eigenvalue weighted by Crippen LogP contribution is -2.52. The second-order valence-electron chi connectivity index (χ2n) is 7.63. The van der Waals surface area contributed by atoms with Crippen LogP contribution in [-0.4, -0.2) is 52.9 Å². The number of rotatable bonds is 6. The zero-order valence-electron chi connectivity index (χ0n) is 17.1. The number of hydrogen-bond donors (Lipinski definition) is 1. The number of carbonyl (C=O) groups excluding carboxylic acids is 1. The van der Waals surface area contributed by atoms with E-state index >= 15 is 0 Å². The number of nitro groups is 1. The maximum absolute atomic E-state index is 12.9. The van der Waals surface area contributed by atoms with E-state index in [0.29, 0.717) is 31.9 Å². The molecule has 3 rings (SSSR count). The van der Waals surface area contributed by atoms with Crippen LogP contribution in [0.15, 0.2) is 48.5 Å². The molecule has 1 saturated heterocycles. The van der Waals surface area contributed by atoms with Crippen LogP contribution < -0.4 is 5.32 Å². The SMILES string of the molecule is CC(C)C(C#N)N1CCN(C(=O)c2ccc(Nc3ccccc3)c([N+](=O)[O-])c2)CC1. The number of nitro benzene ring substituents is 1. The van der Waals surface area contributed by atoms with Crippen LogP contribution in [0.2, 0.25) is 0 Å². The Labute approximate surface area is 175 Å². The number of nitriles is 1. The zero-order valence-corrected chi connectivity index (χ0v) is 17.1. The van der Waals surface area contributed by atoms with E-state index in [1.54, 1.807) is 17.0 Å². The van der Waals surface area contributed by atoms with E-state index in [-0.39, 0.29) is 29.1 Å². The molecule has 0 aromatic heterocycles. The molecule has 1 fully saturated rings. The summed E-state index contributed by atoms with van der Waals surface area (Å²) < 4.78 is 0. The molecule has 0 bridgehead atoms. The Balaban J connectivity index is 1.73. The van der Waals surface area contributed by atoms with Gasteiger partial charge in [-0.2, -0.15) is 5.26 Å². The fraction of sp³-hybridized carbons (Fsp3) is 0.364. The molecule has 0 spiro atoms. The second-order valence-corrected chi connectivity index (χ2v) is 7.63. The lowest BCUT2D eigenvalue weighted by atomic mass is 10.0. The summed E-state index contributed by atoms with van der Waals surface area (Å²) in [5, 5.41) is 24.0. The summed E-state index contributed by atoms with van der Waals surface area (Å²) in [6.45, 7) is 6.21. The van der Waals surface area contributed by atoms with Crippen molar-refractivity contribution in [2.75, 3.05) is 31.5 Å². The van der Waals surface area contributed by atoms with Gasteiger partial charge in [0, 0.05) is 43.5 Å². The quantitative estimate of drug-likeness (QED) is 0.579. The minimum Gasteiger partial charge on any atom is -0.350 e. The highest BCUT2D eigenvalue weighted by molar-refractivity contribution is 5.96. The van der Waals surface area contributed by atoms with Gasteiger partial charge in [0.05, 0.1) is 11.0 Å². The van der Waals surface area contributed by atoms with Crippen molar-refractivity contribution < 1.29 is 9.72 Å². The maximum atomic E-state index is 12.9. The highest BCUT2D eigenvalue weighted by Gasteiger charge is 2.29. The molecule has 8 nitrogen and oxygen atoms in total. The average Bonchev–Trinajstić information content (AvgIpc) is 2.75. The third-order valence-corrected chi connectivity index (χ3v) is 5.25. The maximum Gasteiger partial charge on any atom is 0.293 e. The predicted octanol–water partition coefficient (Wildman–Crippen LogP) is 3.64. The Hall–Kier alpha value is -3.44. The van der Waals surface area contributed by atoms with Crippen LogP contribution in [0.5, 0.6) is 0 Å². The van der Waals surface area contributed by atoms with Gasteiger partial charge in [0.1, 0.15) is 11.7 Å². The summed E-state index contributed by atoms with van der Waals surface area (Å²) in [5.74, 6) is -0.0216. The molecule has 1 N–H and O–H groups in total. The fourth-order valence-corrected chi connectivity index (χ4v) is 3.64. The van der Waals surface area contributed by atoms with Crippen LogP contribution in [-0.2, 0) is 0 Å². The van der Waals surface area contributed by atoms with Gasteiger partial charge in [-0.1, -0.05) is 32.0 Å². The Kier molecular flexibility index (Phi) is 6.65. The summed E-state index contributed by atoms with van der Waals surface area (Å²) in [6.07, 6.45) is 0. The Bertz CT molecular complexity index is 947. The number of amides is 1. The minimum absolute atomic E-state index is 0.146. The number of carbonyl (C=O) groups is 1. The summed E-state index contributed by atoms with van der Waals surface area (Å²) in [7, 11) is 0. The molecule has 8 heteroatoms. The predicted molar refractivity (Wildman–Crippen MR) is 115 cm³/mol. The van der Waals surface area contributed by atoms with Crippen LogP contribution in [0, 0.1) is 27.4 Å². The molecular weight excluding hydrogens is 382 g/mol. The van der Waals surface area contributed by atoms with E-state index in [4.69, 9.17) is 0 Å². The summed E-state index contributed by atoms with van der Waals surface area (Å²) in [4.78, 5) is 27.8. The van der Waals surface area contributed by atoms with Crippen molar-refractivity contribution in [1.29, 1.82) is 5.26 Å². The molecule has 1 heterocycles. The first-order valence-corrected chi connectivity index (χ1v) is 9.94. The number of nitrogens with one attached hydrogen (secondary N) is 1. The third kappa shape index (κ3) is 4.75. The number of para-hydroxylation sites is 1. The van der Waals surface area contributed by atoms with E-state index in [2.05, 4.69) is 16.3 Å². The minimum atomic E-state index is -0.486. The lowest BCUT2D eigenvalue weighted by Gasteiger charge is -2.38. The fourth-order valence-electron chi connectivity index (χ4n) is 3.64. The summed E-state index contributed by atoms with van der Waals surface area (Å²) in [6, 6.07) is 15.8. The molecule has 0 radical (unpaired) electrons. The van der Waals surface area contributed by atoms with Gasteiger partial charge in [-0.05, 0) is 30.2 Å². The van der Waals surface area contributed by atoms with Crippen molar-refractivity contribution in [1.82, 2.24) is 9.80 Å². The van der Waals surface area contributed by atoms with Crippen LogP contribution in [0.3, 0.4) is 0 Å². The van der Waals surface area contributed by atoms with E-state index in [9.17, 15) is 20.2 Å². The van der Waals surface area contributed by atoms with Crippen LogP contribution in [0.1, 0.15) is 24.2 Å². The molecule has 1 atom stereocenters. The van der Waals surface area contributed by atoms with Gasteiger partial charge >= 0.3 is 0 Å². The molecule has 1 aliphatic rings. The Morgan fingerprint density at radius 1 is 1.13 bits per heavy atom. The average molecular weight is 407 g/mol. The van der Waals surface area contributed by atoms with Crippen molar-refractivity contribution in [2.24, 2.45) is 5.92 Å². The molecular formula is C22H25N5O3. The highest BCUT2D eigenvalue weighted by atomic mass is 16.6. The molecule has 2 aromatic carbocycles. The number of hydrogen-bond acceptors (Lipinski definition) is 6. The van der Waals surface area contributed by atoms with E-state index in [0.717, 1.165) is 5.69 Å². The van der Waals surface area contributed by atoms with E-state index < -0.39 is 4.92 Å². The molecule has 30 heavy (non-hydrogen) atoms. The molecule has 1 unspecified atom stereocenters. The van der Waals surface area contributed by atoms with Gasteiger partial charge < -0.3 is 10.2 Å². The zero-order chi connectivity index (χ0) is 21.7. The van der Waals surface area contributed by atoms with Crippen molar-refractivity contribution >= 4 is 23.0 Å². The molecule has 1 amide bonds. The van der Waals surface area contributed by atoms with Gasteiger partial charge in [0.2, 0.25) is 0 Å². The first-order chi connectivity index (χ1) is 14.4. The van der Waals surface area contributed by atoms with Gasteiger partial charge in [0.15, 0.2) is 0 Å². The third-order valence-electron chi connectivity index (χ3n) is 5.25. The van der Waals surface area contributed by atoms with Crippen molar-refractivity contribution in [3.8, 4) is 6.07 Å². The van der Waals surface area contributed by atoms with Gasteiger partial charge in [-0.25, -0.2) is 0 Å². The number of nitrogens with zero attached hydrogens (tertiary/aromatic N) is 4. The first-order valence-electron chi connectivity index (χ1n) is 9.94. The second kappa shape index (κ2) is 9.37. The van der Waals surface area contributed by atoms with E-state index in [1.807, 2.05) is 44.2 Å². The normalized spacial score (nSPS) is 15.5. The number of benzene rings is 2. The molecule has 156 valence electrons. The number of piperazine rings is 1. The van der Waals surface area contributed by atoms with E-state index in [1.165, 1.54) is 6.07 Å². The van der Waals surface area contributed by atoms with Gasteiger partial charge in [0.25, 0.3) is 11.6 Å². The summed E-state index contributed by atoms with van der Waals surface area (Å²) in [5.41, 5.74) is 1.21. The number of anilines is 2. The van der Waals surface area contributed by atoms with Gasteiger partial charge in [-0.3, -0.25) is 19.8 Å². The smallest absolute Gasteiger partial charge is 0.293 e. The largest absolute Gasteiger partial charge is 0.350 e. The van der Waals surface area contributed by atoms with Crippen LogP contribution in [0.4, 0.5) is 17.1 Å². The Morgan fingerprint density at radius 2 is 1.80 bits per heavy atom. The monoisotopic (exact) mass is 407 g/mol. The van der Waals surface area contributed by atoms with Crippen molar-refractivity contribution in [3.63, 3.8) is 0 Å². The first kappa shape index (κ1) is 21.3. The molecule has 0 aliphatic carbocycles. The molecule has 0 saturated carbocycles. The topological polar surface area (TPSA) is 103 Å². The summed E-state index contributed by atoms with van der Waals surface area (Å²) >= 11 is 0. The lowest BCUT2D eigenvalue weighted by molar-refractivity contribution is -0.383. The van der Waals surface area contributed by atoms with Crippen molar-refractivity contribution in [2.45, 2.75) is 19.9 Å². The van der Waals surface area contributed by atoms with Crippen molar-refractivity contribution in [3.05, 3.63) is 64.2 Å². The van der Waals surface area contributed by atoms with Crippen LogP contribution in [0.25, 0.3) is 0 Å². The van der Waals surface area contributed by atoms with Gasteiger partial charge in [-0.15, -0.1) is 0 Å². The Morgan fingerprint density at radius 3 is 2.37 bits per heavy atom.